The monoisotopic (exact) mass is 432 g/mol. The number of carbonyl (C=O) groups excluding carboxylic acids is 3. The maximum absolute atomic E-state index is 13.8. The maximum Gasteiger partial charge on any atom is 0.269 e. The summed E-state index contributed by atoms with van der Waals surface area (Å²) in [5.41, 5.74) is 1.38. The fourth-order valence-corrected chi connectivity index (χ4v) is 6.29. The smallest absolute Gasteiger partial charge is 0.269 e. The van der Waals surface area contributed by atoms with Gasteiger partial charge in [0.15, 0.2) is 0 Å². The minimum Gasteiger partial charge on any atom is -0.324 e. The number of amides is 3. The summed E-state index contributed by atoms with van der Waals surface area (Å²) in [6.45, 7) is 2.59. The van der Waals surface area contributed by atoms with Crippen LogP contribution in [0.5, 0.6) is 0 Å². The molecule has 0 aliphatic carbocycles. The summed E-state index contributed by atoms with van der Waals surface area (Å²) < 4.78 is 0. The quantitative estimate of drug-likeness (QED) is 0.443. The number of nitrogens with zero attached hydrogens (tertiary/aromatic N) is 3. The standard InChI is InChI=1S/C23H20N4O5/c1-12-4-9-16-15(11-12)23(22(30)24-16)19-18(17-3-2-10-25(17)23)20(28)26(21(19)29)13-5-7-14(8-6-13)27(31)32/h4-9,11,17-19H,2-3,10H2,1H3,(H,24,30)/t17-,18-,19-,23+/m1/s1. The van der Waals surface area contributed by atoms with Crippen molar-refractivity contribution in [3.05, 3.63) is 63.7 Å². The van der Waals surface area contributed by atoms with E-state index in [4.69, 9.17) is 0 Å². The Morgan fingerprint density at radius 2 is 1.84 bits per heavy atom. The Balaban J connectivity index is 1.51. The molecule has 32 heavy (non-hydrogen) atoms. The second kappa shape index (κ2) is 6.23. The molecule has 0 unspecified atom stereocenters. The minimum atomic E-state index is -1.21. The van der Waals surface area contributed by atoms with Crippen molar-refractivity contribution in [1.29, 1.82) is 0 Å². The van der Waals surface area contributed by atoms with Crippen LogP contribution in [0.3, 0.4) is 0 Å². The lowest BCUT2D eigenvalue weighted by Crippen LogP contribution is -2.54. The topological polar surface area (TPSA) is 113 Å². The number of nitro groups is 1. The first-order chi connectivity index (χ1) is 15.4. The molecule has 162 valence electrons. The second-order valence-corrected chi connectivity index (χ2v) is 8.96. The number of anilines is 2. The first-order valence-corrected chi connectivity index (χ1v) is 10.7. The van der Waals surface area contributed by atoms with Gasteiger partial charge in [-0.3, -0.25) is 29.4 Å². The summed E-state index contributed by atoms with van der Waals surface area (Å²) in [7, 11) is 0. The van der Waals surface area contributed by atoms with Crippen molar-refractivity contribution in [2.45, 2.75) is 31.3 Å². The van der Waals surface area contributed by atoms with Crippen molar-refractivity contribution in [3.63, 3.8) is 0 Å². The zero-order valence-corrected chi connectivity index (χ0v) is 17.3. The molecule has 9 nitrogen and oxygen atoms in total. The molecule has 9 heteroatoms. The van der Waals surface area contributed by atoms with Crippen LogP contribution in [0.2, 0.25) is 0 Å². The van der Waals surface area contributed by atoms with Crippen molar-refractivity contribution in [2.75, 3.05) is 16.8 Å². The summed E-state index contributed by atoms with van der Waals surface area (Å²) in [6, 6.07) is 10.9. The molecule has 0 saturated carbocycles. The lowest BCUT2D eigenvalue weighted by atomic mass is 9.75. The van der Waals surface area contributed by atoms with Crippen LogP contribution < -0.4 is 10.2 Å². The molecule has 6 rings (SSSR count). The third kappa shape index (κ3) is 2.13. The first kappa shape index (κ1) is 19.1. The van der Waals surface area contributed by atoms with E-state index in [2.05, 4.69) is 10.2 Å². The molecule has 2 aromatic carbocycles. The average Bonchev–Trinajstić information content (AvgIpc) is 3.47. The number of hydrogen-bond acceptors (Lipinski definition) is 6. The van der Waals surface area contributed by atoms with E-state index < -0.39 is 28.2 Å². The first-order valence-electron chi connectivity index (χ1n) is 10.7. The van der Waals surface area contributed by atoms with Gasteiger partial charge in [0.25, 0.3) is 5.69 Å². The molecule has 4 atom stereocenters. The molecule has 3 amide bonds. The van der Waals surface area contributed by atoms with E-state index in [1.165, 1.54) is 24.3 Å². The predicted octanol–water partition coefficient (Wildman–Crippen LogP) is 2.33. The van der Waals surface area contributed by atoms with Gasteiger partial charge in [-0.15, -0.1) is 0 Å². The van der Waals surface area contributed by atoms with Crippen molar-refractivity contribution in [2.24, 2.45) is 11.8 Å². The lowest BCUT2D eigenvalue weighted by Gasteiger charge is -2.36. The number of hydrogen-bond donors (Lipinski definition) is 1. The van der Waals surface area contributed by atoms with Gasteiger partial charge in [0.1, 0.15) is 5.54 Å². The van der Waals surface area contributed by atoms with Gasteiger partial charge in [0.2, 0.25) is 17.7 Å². The van der Waals surface area contributed by atoms with Gasteiger partial charge in [-0.25, -0.2) is 4.90 Å². The van der Waals surface area contributed by atoms with E-state index in [1.54, 1.807) is 0 Å². The largest absolute Gasteiger partial charge is 0.324 e. The summed E-state index contributed by atoms with van der Waals surface area (Å²) in [6.07, 6.45) is 1.59. The van der Waals surface area contributed by atoms with Crippen LogP contribution in [0.25, 0.3) is 0 Å². The third-order valence-electron chi connectivity index (χ3n) is 7.47. The van der Waals surface area contributed by atoms with Gasteiger partial charge in [-0.05, 0) is 44.5 Å². The average molecular weight is 432 g/mol. The number of benzene rings is 2. The molecule has 0 radical (unpaired) electrons. The van der Waals surface area contributed by atoms with Crippen molar-refractivity contribution >= 4 is 34.8 Å². The van der Waals surface area contributed by atoms with E-state index in [9.17, 15) is 24.5 Å². The fraction of sp³-hybridized carbons (Fsp3) is 0.348. The Kier molecular flexibility index (Phi) is 3.72. The molecule has 1 N–H and O–H groups in total. The van der Waals surface area contributed by atoms with Crippen molar-refractivity contribution < 1.29 is 19.3 Å². The van der Waals surface area contributed by atoms with Crippen molar-refractivity contribution in [1.82, 2.24) is 4.90 Å². The van der Waals surface area contributed by atoms with Gasteiger partial charge in [-0.2, -0.15) is 0 Å². The van der Waals surface area contributed by atoms with Crippen LogP contribution in [0.15, 0.2) is 42.5 Å². The van der Waals surface area contributed by atoms with E-state index in [-0.39, 0.29) is 23.5 Å². The lowest BCUT2D eigenvalue weighted by molar-refractivity contribution is -0.384. The summed E-state index contributed by atoms with van der Waals surface area (Å²) >= 11 is 0. The van der Waals surface area contributed by atoms with Crippen LogP contribution in [-0.2, 0) is 19.9 Å². The second-order valence-electron chi connectivity index (χ2n) is 8.96. The van der Waals surface area contributed by atoms with Gasteiger partial charge in [0, 0.05) is 29.4 Å². The zero-order valence-electron chi connectivity index (χ0n) is 17.3. The highest BCUT2D eigenvalue weighted by Gasteiger charge is 2.74. The zero-order chi connectivity index (χ0) is 22.4. The molecule has 1 spiro atoms. The highest BCUT2D eigenvalue weighted by molar-refractivity contribution is 6.25. The molecule has 0 bridgehead atoms. The van der Waals surface area contributed by atoms with E-state index >= 15 is 0 Å². The Morgan fingerprint density at radius 1 is 1.09 bits per heavy atom. The molecule has 3 fully saturated rings. The van der Waals surface area contributed by atoms with Gasteiger partial charge in [-0.1, -0.05) is 17.7 Å². The normalized spacial score (nSPS) is 30.6. The Bertz CT molecular complexity index is 1230. The Labute approximate surface area is 183 Å². The Morgan fingerprint density at radius 3 is 2.56 bits per heavy atom. The highest BCUT2D eigenvalue weighted by atomic mass is 16.6. The number of carbonyl (C=O) groups is 3. The predicted molar refractivity (Wildman–Crippen MR) is 114 cm³/mol. The highest BCUT2D eigenvalue weighted by Crippen LogP contribution is 2.60. The number of non-ortho nitro benzene ring substituents is 1. The summed E-state index contributed by atoms with van der Waals surface area (Å²) in [5.74, 6) is -2.48. The maximum atomic E-state index is 13.8. The van der Waals surface area contributed by atoms with Crippen LogP contribution in [0, 0.1) is 28.9 Å². The number of rotatable bonds is 2. The minimum absolute atomic E-state index is 0.119. The number of nitro benzene ring substituents is 1. The molecular formula is C23H20N4O5. The Hall–Kier alpha value is -3.59. The fourth-order valence-electron chi connectivity index (χ4n) is 6.29. The molecule has 4 heterocycles. The molecular weight excluding hydrogens is 412 g/mol. The number of fused-ring (bicyclic) bond motifs is 7. The van der Waals surface area contributed by atoms with Gasteiger partial charge < -0.3 is 5.32 Å². The molecule has 0 aromatic heterocycles. The third-order valence-corrected chi connectivity index (χ3v) is 7.47. The van der Waals surface area contributed by atoms with Gasteiger partial charge in [0.05, 0.1) is 22.4 Å². The molecule has 4 aliphatic heterocycles. The summed E-state index contributed by atoms with van der Waals surface area (Å²) in [5, 5.41) is 14.0. The summed E-state index contributed by atoms with van der Waals surface area (Å²) in [4.78, 5) is 54.6. The number of aryl methyl sites for hydroxylation is 1. The van der Waals surface area contributed by atoms with E-state index in [0.717, 1.165) is 28.9 Å². The van der Waals surface area contributed by atoms with Crippen LogP contribution in [0.1, 0.15) is 24.0 Å². The van der Waals surface area contributed by atoms with Crippen LogP contribution in [0.4, 0.5) is 17.1 Å². The van der Waals surface area contributed by atoms with E-state index in [0.29, 0.717) is 17.9 Å². The van der Waals surface area contributed by atoms with Crippen LogP contribution >= 0.6 is 0 Å². The van der Waals surface area contributed by atoms with Gasteiger partial charge >= 0.3 is 0 Å². The molecule has 3 saturated heterocycles. The number of imide groups is 1. The molecule has 4 aliphatic rings. The SMILES string of the molecule is Cc1ccc2c(c1)[C@@]1(C(=O)N2)[C@H]2C(=O)N(c3ccc([N+](=O)[O-])cc3)C(=O)[C@@H]2[C@H]2CCCN21. The van der Waals surface area contributed by atoms with Crippen LogP contribution in [-0.4, -0.2) is 40.1 Å². The van der Waals surface area contributed by atoms with E-state index in [1.807, 2.05) is 25.1 Å². The number of nitrogens with one attached hydrogen (secondary N) is 1. The molecule has 2 aromatic rings. The van der Waals surface area contributed by atoms with Crippen molar-refractivity contribution in [3.8, 4) is 0 Å².